The molecule has 1 aromatic rings. The zero-order valence-corrected chi connectivity index (χ0v) is 12.2. The predicted octanol–water partition coefficient (Wildman–Crippen LogP) is -0.374. The molecule has 1 aliphatic heterocycles. The van der Waals surface area contributed by atoms with Crippen molar-refractivity contribution in [2.24, 2.45) is 0 Å². The first-order chi connectivity index (χ1) is 9.63. The molecule has 2 rings (SSSR count). The van der Waals surface area contributed by atoms with E-state index in [1.807, 2.05) is 4.90 Å². The first-order valence-electron chi connectivity index (χ1n) is 6.88. The summed E-state index contributed by atoms with van der Waals surface area (Å²) in [4.78, 5) is 13.7. The Morgan fingerprint density at radius 2 is 2.40 bits per heavy atom. The van der Waals surface area contributed by atoms with Gasteiger partial charge in [0.05, 0.1) is 12.6 Å². The zero-order chi connectivity index (χ0) is 14.4. The molecule has 20 heavy (non-hydrogen) atoms. The molecule has 0 spiro atoms. The molecule has 112 valence electrons. The van der Waals surface area contributed by atoms with Crippen molar-refractivity contribution >= 4 is 22.4 Å². The highest BCUT2D eigenvalue weighted by atomic mass is 32.1. The fourth-order valence-electron chi connectivity index (χ4n) is 2.27. The van der Waals surface area contributed by atoms with Crippen LogP contribution in [0.2, 0.25) is 0 Å². The summed E-state index contributed by atoms with van der Waals surface area (Å²) in [5.41, 5.74) is 5.50. The number of aromatic nitrogens is 2. The summed E-state index contributed by atoms with van der Waals surface area (Å²) < 4.78 is 0. The molecule has 0 aromatic carbocycles. The normalized spacial score (nSPS) is 19.9. The Morgan fingerprint density at radius 1 is 1.55 bits per heavy atom. The number of aryl methyl sites for hydroxylation is 1. The van der Waals surface area contributed by atoms with Gasteiger partial charge < -0.3 is 16.2 Å². The van der Waals surface area contributed by atoms with Crippen LogP contribution in [0.4, 0.5) is 5.13 Å². The minimum Gasteiger partial charge on any atom is -0.392 e. The molecule has 2 heterocycles. The second-order valence-electron chi connectivity index (χ2n) is 5.02. The molecule has 7 nitrogen and oxygen atoms in total. The third-order valence-corrected chi connectivity index (χ3v) is 4.03. The van der Waals surface area contributed by atoms with Crippen molar-refractivity contribution in [1.82, 2.24) is 20.4 Å². The van der Waals surface area contributed by atoms with Gasteiger partial charge in [0.2, 0.25) is 11.0 Å². The second kappa shape index (κ2) is 7.51. The third kappa shape index (κ3) is 5.03. The topological polar surface area (TPSA) is 104 Å². The van der Waals surface area contributed by atoms with Crippen molar-refractivity contribution < 1.29 is 9.90 Å². The minimum absolute atomic E-state index is 0.0101. The Morgan fingerprint density at radius 3 is 3.10 bits per heavy atom. The van der Waals surface area contributed by atoms with Crippen LogP contribution in [0.25, 0.3) is 0 Å². The lowest BCUT2D eigenvalue weighted by Gasteiger charge is -2.29. The smallest absolute Gasteiger partial charge is 0.234 e. The Hall–Kier alpha value is -1.25. The molecule has 1 fully saturated rings. The van der Waals surface area contributed by atoms with Crippen molar-refractivity contribution in [1.29, 1.82) is 0 Å². The molecule has 0 bridgehead atoms. The summed E-state index contributed by atoms with van der Waals surface area (Å²) in [7, 11) is 0. The zero-order valence-electron chi connectivity index (χ0n) is 11.4. The largest absolute Gasteiger partial charge is 0.392 e. The number of carbonyl (C=O) groups is 1. The SMILES string of the molecule is Nc1nnc(CCCNC(=O)CN2CCCC(O)C2)s1. The molecular weight excluding hydrogens is 278 g/mol. The van der Waals surface area contributed by atoms with Crippen LogP contribution in [0.1, 0.15) is 24.3 Å². The summed E-state index contributed by atoms with van der Waals surface area (Å²) in [6, 6.07) is 0. The van der Waals surface area contributed by atoms with Crippen molar-refractivity contribution in [2.75, 3.05) is 31.9 Å². The van der Waals surface area contributed by atoms with Crippen LogP contribution in [-0.4, -0.2) is 58.4 Å². The van der Waals surface area contributed by atoms with Crippen molar-refractivity contribution in [3.63, 3.8) is 0 Å². The lowest BCUT2D eigenvalue weighted by molar-refractivity contribution is -0.122. The number of aliphatic hydroxyl groups is 1. The lowest BCUT2D eigenvalue weighted by atomic mass is 10.1. The average molecular weight is 299 g/mol. The molecule has 4 N–H and O–H groups in total. The first kappa shape index (κ1) is 15.1. The minimum atomic E-state index is -0.292. The van der Waals surface area contributed by atoms with Gasteiger partial charge in [0.25, 0.3) is 0 Å². The Labute approximate surface area is 122 Å². The van der Waals surface area contributed by atoms with Crippen LogP contribution in [0.5, 0.6) is 0 Å². The fourth-order valence-corrected chi connectivity index (χ4v) is 2.92. The lowest BCUT2D eigenvalue weighted by Crippen LogP contribution is -2.44. The Kier molecular flexibility index (Phi) is 5.69. The number of carbonyl (C=O) groups excluding carboxylic acids is 1. The van der Waals surface area contributed by atoms with Crippen LogP contribution >= 0.6 is 11.3 Å². The highest BCUT2D eigenvalue weighted by Gasteiger charge is 2.19. The van der Waals surface area contributed by atoms with E-state index < -0.39 is 0 Å². The van der Waals surface area contributed by atoms with E-state index in [0.717, 1.165) is 37.2 Å². The van der Waals surface area contributed by atoms with Crippen LogP contribution in [0.3, 0.4) is 0 Å². The van der Waals surface area contributed by atoms with Gasteiger partial charge in [0.15, 0.2) is 0 Å². The maximum atomic E-state index is 11.8. The maximum Gasteiger partial charge on any atom is 0.234 e. The molecule has 1 saturated heterocycles. The van der Waals surface area contributed by atoms with E-state index in [1.54, 1.807) is 0 Å². The molecule has 1 aliphatic rings. The molecule has 1 aromatic heterocycles. The van der Waals surface area contributed by atoms with Crippen molar-refractivity contribution in [3.05, 3.63) is 5.01 Å². The van der Waals surface area contributed by atoms with Crippen LogP contribution in [0.15, 0.2) is 0 Å². The van der Waals surface area contributed by atoms with E-state index in [-0.39, 0.29) is 12.0 Å². The fraction of sp³-hybridized carbons (Fsp3) is 0.750. The van der Waals surface area contributed by atoms with Crippen LogP contribution in [0, 0.1) is 0 Å². The highest BCUT2D eigenvalue weighted by Crippen LogP contribution is 2.12. The van der Waals surface area contributed by atoms with Gasteiger partial charge in [0, 0.05) is 19.5 Å². The molecule has 1 amide bonds. The monoisotopic (exact) mass is 299 g/mol. The number of nitrogens with two attached hydrogens (primary N) is 1. The van der Waals surface area contributed by atoms with Gasteiger partial charge >= 0.3 is 0 Å². The van der Waals surface area contributed by atoms with E-state index in [0.29, 0.717) is 24.8 Å². The van der Waals surface area contributed by atoms with Gasteiger partial charge in [-0.15, -0.1) is 10.2 Å². The highest BCUT2D eigenvalue weighted by molar-refractivity contribution is 7.15. The van der Waals surface area contributed by atoms with E-state index in [9.17, 15) is 9.90 Å². The maximum absolute atomic E-state index is 11.8. The van der Waals surface area contributed by atoms with Crippen molar-refractivity contribution in [2.45, 2.75) is 31.8 Å². The predicted molar refractivity (Wildman–Crippen MR) is 77.3 cm³/mol. The van der Waals surface area contributed by atoms with Gasteiger partial charge in [-0.25, -0.2) is 0 Å². The van der Waals surface area contributed by atoms with Crippen LogP contribution in [-0.2, 0) is 11.2 Å². The van der Waals surface area contributed by atoms with E-state index in [1.165, 1.54) is 11.3 Å². The molecule has 1 atom stereocenters. The summed E-state index contributed by atoms with van der Waals surface area (Å²) in [5, 5.41) is 21.5. The standard InChI is InChI=1S/C12H21N5O2S/c13-12-16-15-11(20-12)4-1-5-14-10(19)8-17-6-2-3-9(18)7-17/h9,18H,1-8H2,(H2,13,16)(H,14,19). The number of β-amino-alcohol motifs (C(OH)–C–C–N with tert-alkyl or cyclic N) is 1. The number of aliphatic hydroxyl groups excluding tert-OH is 1. The third-order valence-electron chi connectivity index (χ3n) is 3.22. The Balaban J connectivity index is 1.58. The van der Waals surface area contributed by atoms with Crippen LogP contribution < -0.4 is 11.1 Å². The summed E-state index contributed by atoms with van der Waals surface area (Å²) in [6.07, 6.45) is 3.09. The number of hydrogen-bond acceptors (Lipinski definition) is 7. The number of nitrogens with zero attached hydrogens (tertiary/aromatic N) is 3. The number of rotatable bonds is 6. The second-order valence-corrected chi connectivity index (χ2v) is 6.11. The van der Waals surface area contributed by atoms with Gasteiger partial charge in [-0.3, -0.25) is 9.69 Å². The molecule has 0 saturated carbocycles. The van der Waals surface area contributed by atoms with Gasteiger partial charge in [-0.2, -0.15) is 0 Å². The number of hydrogen-bond donors (Lipinski definition) is 3. The average Bonchev–Trinajstić information content (AvgIpc) is 2.80. The number of nitrogen functional groups attached to an aromatic ring is 1. The number of likely N-dealkylation sites (tertiary alicyclic amines) is 1. The van der Waals surface area contributed by atoms with Gasteiger partial charge in [-0.05, 0) is 25.8 Å². The summed E-state index contributed by atoms with van der Waals surface area (Å²) >= 11 is 1.38. The van der Waals surface area contributed by atoms with E-state index in [2.05, 4.69) is 15.5 Å². The summed E-state index contributed by atoms with van der Waals surface area (Å²) in [6.45, 7) is 2.46. The quantitative estimate of drug-likeness (QED) is 0.619. The molecule has 0 aliphatic carbocycles. The van der Waals surface area contributed by atoms with Gasteiger partial charge in [-0.1, -0.05) is 11.3 Å². The molecule has 1 unspecified atom stereocenters. The van der Waals surface area contributed by atoms with E-state index in [4.69, 9.17) is 5.73 Å². The first-order valence-corrected chi connectivity index (χ1v) is 7.70. The molecule has 8 heteroatoms. The van der Waals surface area contributed by atoms with E-state index >= 15 is 0 Å². The molecule has 0 radical (unpaired) electrons. The number of amides is 1. The molecular formula is C12H21N5O2S. The number of anilines is 1. The summed E-state index contributed by atoms with van der Waals surface area (Å²) in [5.74, 6) is 0.0101. The Bertz CT molecular complexity index is 439. The van der Waals surface area contributed by atoms with Gasteiger partial charge in [0.1, 0.15) is 5.01 Å². The number of nitrogens with one attached hydrogen (secondary N) is 1. The number of piperidine rings is 1. The van der Waals surface area contributed by atoms with Crippen molar-refractivity contribution in [3.8, 4) is 0 Å².